The minimum Gasteiger partial charge on any atom is -0.392 e. The van der Waals surface area contributed by atoms with Crippen LogP contribution in [0.15, 0.2) is 18.2 Å². The van der Waals surface area contributed by atoms with E-state index < -0.39 is 23.5 Å². The fourth-order valence-corrected chi connectivity index (χ4v) is 5.89. The Morgan fingerprint density at radius 3 is 2.69 bits per heavy atom. The van der Waals surface area contributed by atoms with Gasteiger partial charge in [-0.05, 0) is 50.3 Å². The van der Waals surface area contributed by atoms with E-state index in [2.05, 4.69) is 30.1 Å². The first-order valence-electron chi connectivity index (χ1n) is 12.5. The van der Waals surface area contributed by atoms with Crippen LogP contribution in [0.1, 0.15) is 76.9 Å². The van der Waals surface area contributed by atoms with Crippen molar-refractivity contribution in [3.63, 3.8) is 0 Å². The lowest BCUT2D eigenvalue weighted by atomic mass is 9.73. The van der Waals surface area contributed by atoms with E-state index in [1.807, 2.05) is 13.8 Å². The number of aliphatic hydroxyl groups excluding tert-OH is 2. The maximum atomic E-state index is 12.9. The molecule has 8 heteroatoms. The molecule has 7 nitrogen and oxygen atoms in total. The van der Waals surface area contributed by atoms with Crippen molar-refractivity contribution in [2.24, 2.45) is 23.0 Å². The minimum atomic E-state index is -1.10. The number of carbonyl (C=O) groups is 2. The molecule has 0 saturated carbocycles. The Morgan fingerprint density at radius 1 is 1.34 bits per heavy atom. The molecule has 0 radical (unpaired) electrons. The van der Waals surface area contributed by atoms with Gasteiger partial charge in [-0.1, -0.05) is 40.2 Å². The van der Waals surface area contributed by atoms with Crippen molar-refractivity contribution >= 4 is 33.6 Å². The smallest absolute Gasteiger partial charge is 0.146 e. The first-order chi connectivity index (χ1) is 16.3. The van der Waals surface area contributed by atoms with Gasteiger partial charge in [0.25, 0.3) is 0 Å². The number of nitrogens with two attached hydrogens (primary N) is 1. The van der Waals surface area contributed by atoms with Crippen molar-refractivity contribution in [1.29, 1.82) is 0 Å². The highest BCUT2D eigenvalue weighted by atomic mass is 32.1. The number of benzene rings is 1. The van der Waals surface area contributed by atoms with Gasteiger partial charge in [0.15, 0.2) is 0 Å². The summed E-state index contributed by atoms with van der Waals surface area (Å²) in [5.41, 5.74) is 7.13. The third-order valence-electron chi connectivity index (χ3n) is 7.80. The van der Waals surface area contributed by atoms with Gasteiger partial charge in [0.1, 0.15) is 18.2 Å². The van der Waals surface area contributed by atoms with E-state index in [9.17, 15) is 19.8 Å². The SMILES string of the molecule is Cc1nc2cc(C(N)C3OC3(C)CCCC(C)C(O)C(C)C(=O)C(C)(C)C(O)CC=O)ccc2s1. The third-order valence-corrected chi connectivity index (χ3v) is 8.75. The van der Waals surface area contributed by atoms with Crippen molar-refractivity contribution < 1.29 is 24.5 Å². The second-order valence-electron chi connectivity index (χ2n) is 11.0. The predicted molar refractivity (Wildman–Crippen MR) is 138 cm³/mol. The Bertz CT molecular complexity index is 1050. The van der Waals surface area contributed by atoms with Crippen molar-refractivity contribution in [3.05, 3.63) is 28.8 Å². The Labute approximate surface area is 212 Å². The normalized spacial score (nSPS) is 24.5. The molecule has 4 N–H and O–H groups in total. The van der Waals surface area contributed by atoms with Crippen LogP contribution in [0.3, 0.4) is 0 Å². The lowest BCUT2D eigenvalue weighted by Gasteiger charge is -2.34. The largest absolute Gasteiger partial charge is 0.392 e. The number of hydrogen-bond donors (Lipinski definition) is 3. The lowest BCUT2D eigenvalue weighted by molar-refractivity contribution is -0.142. The van der Waals surface area contributed by atoms with Gasteiger partial charge in [-0.2, -0.15) is 0 Å². The van der Waals surface area contributed by atoms with Crippen molar-refractivity contribution in [2.75, 3.05) is 0 Å². The molecule has 0 bridgehead atoms. The summed E-state index contributed by atoms with van der Waals surface area (Å²) in [6.07, 6.45) is 0.932. The summed E-state index contributed by atoms with van der Waals surface area (Å²) in [7, 11) is 0. The van der Waals surface area contributed by atoms with Gasteiger partial charge >= 0.3 is 0 Å². The molecule has 2 aromatic rings. The molecule has 1 saturated heterocycles. The number of aldehydes is 1. The Kier molecular flexibility index (Phi) is 8.54. The van der Waals surface area contributed by atoms with E-state index in [1.165, 1.54) is 0 Å². The van der Waals surface area contributed by atoms with E-state index in [-0.39, 0.29) is 35.9 Å². The van der Waals surface area contributed by atoms with Gasteiger partial charge in [0, 0.05) is 12.3 Å². The Morgan fingerprint density at radius 2 is 2.03 bits per heavy atom. The number of fused-ring (bicyclic) bond motifs is 1. The van der Waals surface area contributed by atoms with Crippen LogP contribution < -0.4 is 5.73 Å². The summed E-state index contributed by atoms with van der Waals surface area (Å²) in [6.45, 7) is 11.0. The van der Waals surface area contributed by atoms with Gasteiger partial charge in [-0.3, -0.25) is 4.79 Å². The maximum Gasteiger partial charge on any atom is 0.146 e. The molecule has 1 aromatic heterocycles. The number of aliphatic hydroxyl groups is 2. The zero-order valence-corrected chi connectivity index (χ0v) is 22.5. The molecule has 0 amide bonds. The van der Waals surface area contributed by atoms with E-state index in [1.54, 1.807) is 32.1 Å². The van der Waals surface area contributed by atoms with Crippen molar-refractivity contribution in [1.82, 2.24) is 4.98 Å². The molecule has 7 unspecified atom stereocenters. The highest BCUT2D eigenvalue weighted by molar-refractivity contribution is 7.18. The molecule has 0 aliphatic carbocycles. The first-order valence-corrected chi connectivity index (χ1v) is 13.3. The van der Waals surface area contributed by atoms with E-state index in [0.29, 0.717) is 6.29 Å². The summed E-state index contributed by atoms with van der Waals surface area (Å²) in [5, 5.41) is 22.1. The number of Topliss-reactive ketones (excluding diaryl/α,β-unsaturated/α-hetero) is 1. The number of rotatable bonds is 13. The highest BCUT2D eigenvalue weighted by Gasteiger charge is 2.55. The number of aryl methyl sites for hydroxylation is 1. The second-order valence-corrected chi connectivity index (χ2v) is 12.2. The molecule has 1 fully saturated rings. The molecule has 35 heavy (non-hydrogen) atoms. The zero-order valence-electron chi connectivity index (χ0n) is 21.7. The van der Waals surface area contributed by atoms with Crippen LogP contribution in [-0.4, -0.2) is 51.2 Å². The lowest BCUT2D eigenvalue weighted by Crippen LogP contribution is -2.44. The summed E-state index contributed by atoms with van der Waals surface area (Å²) in [5.74, 6) is -0.973. The molecule has 7 atom stereocenters. The van der Waals surface area contributed by atoms with Crippen molar-refractivity contribution in [2.45, 2.75) is 97.2 Å². The number of ketones is 1. The van der Waals surface area contributed by atoms with E-state index >= 15 is 0 Å². The summed E-state index contributed by atoms with van der Waals surface area (Å²) in [4.78, 5) is 28.3. The van der Waals surface area contributed by atoms with Gasteiger partial charge < -0.3 is 25.5 Å². The number of epoxide rings is 1. The summed E-state index contributed by atoms with van der Waals surface area (Å²) < 4.78 is 7.20. The molecule has 1 aromatic carbocycles. The standard InChI is InChI=1S/C27H40N2O5S/c1-15(23(32)16(2)24(33)26(4,5)21(31)11-13-30)8-7-12-27(6)25(34-27)22(28)18-9-10-20-19(14-18)29-17(3)35-20/h9-10,13-16,21-23,25,31-32H,7-8,11-12,28H2,1-6H3. The third kappa shape index (κ3) is 6.00. The van der Waals surface area contributed by atoms with Crippen LogP contribution in [0, 0.1) is 24.2 Å². The molecular weight excluding hydrogens is 464 g/mol. The van der Waals surface area contributed by atoms with Crippen LogP contribution in [0.25, 0.3) is 10.2 Å². The Balaban J connectivity index is 1.51. The number of ether oxygens (including phenoxy) is 1. The van der Waals surface area contributed by atoms with Crippen LogP contribution in [0.2, 0.25) is 0 Å². The average Bonchev–Trinajstić information content (AvgIpc) is 3.33. The molecule has 2 heterocycles. The molecule has 3 rings (SSSR count). The Hall–Kier alpha value is -1.71. The van der Waals surface area contributed by atoms with Crippen LogP contribution in [-0.2, 0) is 14.3 Å². The maximum absolute atomic E-state index is 12.9. The second kappa shape index (κ2) is 10.7. The minimum absolute atomic E-state index is 0.0690. The van der Waals surface area contributed by atoms with E-state index in [4.69, 9.17) is 10.5 Å². The number of aromatic nitrogens is 1. The first kappa shape index (κ1) is 27.9. The van der Waals surface area contributed by atoms with Gasteiger partial charge in [-0.15, -0.1) is 11.3 Å². The number of thiazole rings is 1. The zero-order chi connectivity index (χ0) is 26.1. The summed E-state index contributed by atoms with van der Waals surface area (Å²) >= 11 is 1.67. The van der Waals surface area contributed by atoms with Crippen LogP contribution in [0.4, 0.5) is 0 Å². The van der Waals surface area contributed by atoms with Gasteiger partial charge in [0.2, 0.25) is 0 Å². The van der Waals surface area contributed by atoms with Crippen LogP contribution in [0.5, 0.6) is 0 Å². The van der Waals surface area contributed by atoms with Gasteiger partial charge in [0.05, 0.1) is 44.5 Å². The molecule has 194 valence electrons. The summed E-state index contributed by atoms with van der Waals surface area (Å²) in [6, 6.07) is 5.94. The fraction of sp³-hybridized carbons (Fsp3) is 0.667. The number of nitrogens with zero attached hydrogens (tertiary/aromatic N) is 1. The van der Waals surface area contributed by atoms with E-state index in [0.717, 1.165) is 40.1 Å². The molecular formula is C27H40N2O5S. The monoisotopic (exact) mass is 504 g/mol. The predicted octanol–water partition coefficient (Wildman–Crippen LogP) is 4.11. The quantitative estimate of drug-likeness (QED) is 0.277. The topological polar surface area (TPSA) is 126 Å². The van der Waals surface area contributed by atoms with Crippen LogP contribution >= 0.6 is 11.3 Å². The molecule has 1 aliphatic heterocycles. The number of hydrogen-bond acceptors (Lipinski definition) is 8. The van der Waals surface area contributed by atoms with Gasteiger partial charge in [-0.25, -0.2) is 4.98 Å². The average molecular weight is 505 g/mol. The highest BCUT2D eigenvalue weighted by Crippen LogP contribution is 2.47. The fourth-order valence-electron chi connectivity index (χ4n) is 5.08. The molecule has 0 spiro atoms. The van der Waals surface area contributed by atoms with Crippen molar-refractivity contribution in [3.8, 4) is 0 Å². The number of carbonyl (C=O) groups excluding carboxylic acids is 2. The molecule has 1 aliphatic rings.